The molecule has 0 atom stereocenters. The van der Waals surface area contributed by atoms with Crippen LogP contribution in [0, 0.1) is 0 Å². The van der Waals surface area contributed by atoms with Gasteiger partial charge in [0.15, 0.2) is 4.88 Å². The number of carbonyl (C=O) groups is 2. The lowest BCUT2D eigenvalue weighted by molar-refractivity contribution is 0.0593. The highest BCUT2D eigenvalue weighted by atomic mass is 32.1. The first kappa shape index (κ1) is 12.4. The fourth-order valence-electron chi connectivity index (χ4n) is 1.56. The van der Waals surface area contributed by atoms with Gasteiger partial charge in [0.1, 0.15) is 5.75 Å². The highest BCUT2D eigenvalue weighted by molar-refractivity contribution is 7.21. The first-order valence-corrected chi connectivity index (χ1v) is 5.82. The van der Waals surface area contributed by atoms with E-state index in [1.807, 2.05) is 0 Å². The van der Waals surface area contributed by atoms with Crippen molar-refractivity contribution in [2.24, 2.45) is 0 Å². The molecule has 0 saturated carbocycles. The molecule has 0 spiro atoms. The molecule has 0 aliphatic carbocycles. The fourth-order valence-corrected chi connectivity index (χ4v) is 2.56. The SMILES string of the molecule is COC(=O)c1ccc2sc(C(=O)OC)c(O)c2c1. The largest absolute Gasteiger partial charge is 0.505 e. The number of ether oxygens (including phenoxy) is 2. The van der Waals surface area contributed by atoms with Gasteiger partial charge in [-0.15, -0.1) is 11.3 Å². The lowest BCUT2D eigenvalue weighted by atomic mass is 10.1. The Labute approximate surface area is 107 Å². The van der Waals surface area contributed by atoms with Crippen LogP contribution < -0.4 is 0 Å². The number of esters is 2. The molecule has 0 aliphatic rings. The number of hydrogen-bond acceptors (Lipinski definition) is 6. The van der Waals surface area contributed by atoms with Gasteiger partial charge in [0.05, 0.1) is 19.8 Å². The molecule has 2 aromatic rings. The summed E-state index contributed by atoms with van der Waals surface area (Å²) in [6.07, 6.45) is 0. The van der Waals surface area contributed by atoms with Crippen molar-refractivity contribution in [3.05, 3.63) is 28.6 Å². The Balaban J connectivity index is 2.60. The molecule has 1 aromatic heterocycles. The highest BCUT2D eigenvalue weighted by Gasteiger charge is 2.19. The Bertz CT molecular complexity index is 629. The molecule has 0 fully saturated rings. The summed E-state index contributed by atoms with van der Waals surface area (Å²) in [5.41, 5.74) is 0.314. The lowest BCUT2D eigenvalue weighted by Crippen LogP contribution is -2.00. The molecule has 2 rings (SSSR count). The second-order valence-electron chi connectivity index (χ2n) is 3.47. The number of thiophene rings is 1. The van der Waals surface area contributed by atoms with Crippen molar-refractivity contribution >= 4 is 33.4 Å². The van der Waals surface area contributed by atoms with Crippen LogP contribution in [-0.2, 0) is 9.47 Å². The summed E-state index contributed by atoms with van der Waals surface area (Å²) in [6, 6.07) is 4.71. The summed E-state index contributed by atoms with van der Waals surface area (Å²) in [5.74, 6) is -1.27. The summed E-state index contributed by atoms with van der Waals surface area (Å²) in [7, 11) is 2.52. The molecule has 6 heteroatoms. The van der Waals surface area contributed by atoms with Crippen molar-refractivity contribution in [1.29, 1.82) is 0 Å². The number of fused-ring (bicyclic) bond motifs is 1. The number of carbonyl (C=O) groups excluding carboxylic acids is 2. The molecule has 1 aromatic carbocycles. The molecule has 0 unspecified atom stereocenters. The van der Waals surface area contributed by atoms with E-state index in [2.05, 4.69) is 9.47 Å². The minimum absolute atomic E-state index is 0.120. The second-order valence-corrected chi connectivity index (χ2v) is 4.53. The van der Waals surface area contributed by atoms with Crippen LogP contribution in [0.1, 0.15) is 20.0 Å². The molecule has 0 aliphatic heterocycles. The molecule has 18 heavy (non-hydrogen) atoms. The third-order valence-corrected chi connectivity index (χ3v) is 3.59. The van der Waals surface area contributed by atoms with Crippen molar-refractivity contribution < 1.29 is 24.2 Å². The van der Waals surface area contributed by atoms with Crippen LogP contribution in [0.15, 0.2) is 18.2 Å². The molecule has 1 N–H and O–H groups in total. The molecule has 0 amide bonds. The number of hydrogen-bond donors (Lipinski definition) is 1. The Morgan fingerprint density at radius 2 is 1.83 bits per heavy atom. The Morgan fingerprint density at radius 3 is 2.44 bits per heavy atom. The van der Waals surface area contributed by atoms with Gasteiger partial charge in [0.25, 0.3) is 0 Å². The summed E-state index contributed by atoms with van der Waals surface area (Å²) in [5, 5.41) is 10.4. The summed E-state index contributed by atoms with van der Waals surface area (Å²) in [4.78, 5) is 22.9. The minimum Gasteiger partial charge on any atom is -0.505 e. The minimum atomic E-state index is -0.603. The van der Waals surface area contributed by atoms with Gasteiger partial charge in [-0.2, -0.15) is 0 Å². The average Bonchev–Trinajstić information content (AvgIpc) is 2.74. The summed E-state index contributed by atoms with van der Waals surface area (Å²) >= 11 is 1.11. The molecular formula is C12H10O5S. The summed E-state index contributed by atoms with van der Waals surface area (Å²) < 4.78 is 9.85. The normalized spacial score (nSPS) is 10.3. The van der Waals surface area contributed by atoms with Gasteiger partial charge in [0, 0.05) is 10.1 Å². The van der Waals surface area contributed by atoms with E-state index in [1.54, 1.807) is 12.1 Å². The smallest absolute Gasteiger partial charge is 0.351 e. The van der Waals surface area contributed by atoms with Gasteiger partial charge in [-0.3, -0.25) is 0 Å². The number of methoxy groups -OCH3 is 2. The standard InChI is InChI=1S/C12H10O5S/c1-16-11(14)6-3-4-8-7(5-6)9(13)10(18-8)12(15)17-2/h3-5,13H,1-2H3. The monoisotopic (exact) mass is 266 g/mol. The lowest BCUT2D eigenvalue weighted by Gasteiger charge is -1.99. The zero-order valence-electron chi connectivity index (χ0n) is 9.72. The molecular weight excluding hydrogens is 256 g/mol. The predicted molar refractivity (Wildman–Crippen MR) is 66.2 cm³/mol. The van der Waals surface area contributed by atoms with Crippen LogP contribution in [0.3, 0.4) is 0 Å². The van der Waals surface area contributed by atoms with E-state index < -0.39 is 11.9 Å². The van der Waals surface area contributed by atoms with Gasteiger partial charge in [-0.1, -0.05) is 0 Å². The maximum atomic E-state index is 11.4. The quantitative estimate of drug-likeness (QED) is 0.843. The summed E-state index contributed by atoms with van der Waals surface area (Å²) in [6.45, 7) is 0. The van der Waals surface area contributed by atoms with Crippen LogP contribution in [0.5, 0.6) is 5.75 Å². The topological polar surface area (TPSA) is 72.8 Å². The molecule has 0 bridgehead atoms. The van der Waals surface area contributed by atoms with Crippen LogP contribution in [-0.4, -0.2) is 31.3 Å². The van der Waals surface area contributed by atoms with E-state index in [1.165, 1.54) is 20.3 Å². The van der Waals surface area contributed by atoms with E-state index in [0.717, 1.165) is 11.3 Å². The first-order chi connectivity index (χ1) is 8.58. The number of benzene rings is 1. The average molecular weight is 266 g/mol. The van der Waals surface area contributed by atoms with E-state index in [-0.39, 0.29) is 10.6 Å². The highest BCUT2D eigenvalue weighted by Crippen LogP contribution is 2.37. The van der Waals surface area contributed by atoms with Crippen molar-refractivity contribution in [3.8, 4) is 5.75 Å². The Hall–Kier alpha value is -2.08. The maximum Gasteiger partial charge on any atom is 0.351 e. The zero-order valence-corrected chi connectivity index (χ0v) is 10.5. The number of rotatable bonds is 2. The van der Waals surface area contributed by atoms with Crippen molar-refractivity contribution in [1.82, 2.24) is 0 Å². The fraction of sp³-hybridized carbons (Fsp3) is 0.167. The van der Waals surface area contributed by atoms with Gasteiger partial charge in [-0.05, 0) is 18.2 Å². The van der Waals surface area contributed by atoms with E-state index in [0.29, 0.717) is 15.6 Å². The van der Waals surface area contributed by atoms with E-state index >= 15 is 0 Å². The Kier molecular flexibility index (Phi) is 3.20. The predicted octanol–water partition coefficient (Wildman–Crippen LogP) is 2.18. The van der Waals surface area contributed by atoms with Crippen LogP contribution in [0.2, 0.25) is 0 Å². The third-order valence-electron chi connectivity index (χ3n) is 2.45. The Morgan fingerprint density at radius 1 is 1.17 bits per heavy atom. The van der Waals surface area contributed by atoms with Gasteiger partial charge >= 0.3 is 11.9 Å². The first-order valence-electron chi connectivity index (χ1n) is 5.00. The zero-order chi connectivity index (χ0) is 13.3. The van der Waals surface area contributed by atoms with Crippen LogP contribution in [0.25, 0.3) is 10.1 Å². The third kappa shape index (κ3) is 1.91. The van der Waals surface area contributed by atoms with Crippen molar-refractivity contribution in [2.45, 2.75) is 0 Å². The van der Waals surface area contributed by atoms with Crippen LogP contribution in [0.4, 0.5) is 0 Å². The number of aromatic hydroxyl groups is 1. The van der Waals surface area contributed by atoms with Crippen LogP contribution >= 0.6 is 11.3 Å². The molecule has 0 saturated heterocycles. The molecule has 0 radical (unpaired) electrons. The van der Waals surface area contributed by atoms with Gasteiger partial charge in [0.2, 0.25) is 0 Å². The van der Waals surface area contributed by atoms with E-state index in [4.69, 9.17) is 0 Å². The molecule has 5 nitrogen and oxygen atoms in total. The van der Waals surface area contributed by atoms with E-state index in [9.17, 15) is 14.7 Å². The van der Waals surface area contributed by atoms with Gasteiger partial charge < -0.3 is 14.6 Å². The van der Waals surface area contributed by atoms with Crippen molar-refractivity contribution in [3.63, 3.8) is 0 Å². The molecule has 94 valence electrons. The second kappa shape index (κ2) is 4.66. The molecule has 1 heterocycles. The maximum absolute atomic E-state index is 11.4. The van der Waals surface area contributed by atoms with Gasteiger partial charge in [-0.25, -0.2) is 9.59 Å². The van der Waals surface area contributed by atoms with Crippen molar-refractivity contribution in [2.75, 3.05) is 14.2 Å².